The van der Waals surface area contributed by atoms with Crippen LogP contribution in [-0.2, 0) is 13.5 Å². The van der Waals surface area contributed by atoms with E-state index in [9.17, 15) is 9.50 Å². The molecule has 0 amide bonds. The second-order valence-corrected chi connectivity index (χ2v) is 5.36. The normalized spacial score (nSPS) is 12.5. The molecule has 0 aliphatic rings. The van der Waals surface area contributed by atoms with E-state index in [0.29, 0.717) is 27.2 Å². The minimum absolute atomic E-state index is 0.279. The van der Waals surface area contributed by atoms with Crippen molar-refractivity contribution in [2.75, 3.05) is 7.11 Å². The number of benzene rings is 1. The number of aryl methyl sites for hydroxylation is 2. The van der Waals surface area contributed by atoms with Gasteiger partial charge in [0.2, 0.25) is 5.88 Å². The summed E-state index contributed by atoms with van der Waals surface area (Å²) in [5.74, 6) is 0.173. The molecule has 108 valence electrons. The van der Waals surface area contributed by atoms with Crippen molar-refractivity contribution in [3.05, 3.63) is 45.3 Å². The highest BCUT2D eigenvalue weighted by atomic mass is 79.9. The monoisotopic (exact) mass is 342 g/mol. The van der Waals surface area contributed by atoms with Crippen LogP contribution in [0.15, 0.2) is 22.7 Å². The summed E-state index contributed by atoms with van der Waals surface area (Å²) < 4.78 is 20.7. The molecule has 0 fully saturated rings. The Morgan fingerprint density at radius 1 is 1.50 bits per heavy atom. The molecule has 0 bridgehead atoms. The summed E-state index contributed by atoms with van der Waals surface area (Å²) in [5, 5.41) is 14.6. The van der Waals surface area contributed by atoms with Gasteiger partial charge in [-0.15, -0.1) is 0 Å². The van der Waals surface area contributed by atoms with Gasteiger partial charge in [-0.25, -0.2) is 9.07 Å². The molecule has 0 saturated carbocycles. The first-order chi connectivity index (χ1) is 9.45. The van der Waals surface area contributed by atoms with Gasteiger partial charge in [0, 0.05) is 13.5 Å². The summed E-state index contributed by atoms with van der Waals surface area (Å²) in [4.78, 5) is 0. The Morgan fingerprint density at radius 2 is 2.20 bits per heavy atom. The van der Waals surface area contributed by atoms with Gasteiger partial charge in [-0.1, -0.05) is 12.1 Å². The number of ether oxygens (including phenoxy) is 1. The van der Waals surface area contributed by atoms with Crippen molar-refractivity contribution in [1.82, 2.24) is 9.78 Å². The maximum atomic E-state index is 13.5. The highest BCUT2D eigenvalue weighted by Gasteiger charge is 2.22. The van der Waals surface area contributed by atoms with Crippen molar-refractivity contribution >= 4 is 15.9 Å². The number of hydrogen-bond donors (Lipinski definition) is 1. The molecule has 1 atom stereocenters. The average molecular weight is 343 g/mol. The predicted molar refractivity (Wildman–Crippen MR) is 77.3 cm³/mol. The number of aromatic nitrogens is 2. The van der Waals surface area contributed by atoms with E-state index in [1.165, 1.54) is 13.2 Å². The van der Waals surface area contributed by atoms with E-state index in [-0.39, 0.29) is 12.2 Å². The van der Waals surface area contributed by atoms with Crippen LogP contribution in [0.2, 0.25) is 0 Å². The number of halogens is 2. The lowest BCUT2D eigenvalue weighted by atomic mass is 10.0. The van der Waals surface area contributed by atoms with Crippen LogP contribution in [0.3, 0.4) is 0 Å². The standard InChI is InChI=1S/C14H16BrFN2O2/c1-8-12(14(20-3)18(2)17-8)11(19)7-9-5-4-6-10(16)13(9)15/h4-6,11,19H,7H2,1-3H3. The summed E-state index contributed by atoms with van der Waals surface area (Å²) in [7, 11) is 3.28. The minimum atomic E-state index is -0.809. The molecule has 20 heavy (non-hydrogen) atoms. The van der Waals surface area contributed by atoms with Gasteiger partial charge < -0.3 is 9.84 Å². The second-order valence-electron chi connectivity index (χ2n) is 4.56. The zero-order chi connectivity index (χ0) is 14.9. The van der Waals surface area contributed by atoms with E-state index in [1.807, 2.05) is 6.92 Å². The fourth-order valence-electron chi connectivity index (χ4n) is 2.30. The Bertz CT molecular complexity index is 628. The molecule has 1 unspecified atom stereocenters. The maximum Gasteiger partial charge on any atom is 0.217 e. The Kier molecular flexibility index (Phi) is 4.45. The summed E-state index contributed by atoms with van der Waals surface area (Å²) in [6, 6.07) is 4.76. The van der Waals surface area contributed by atoms with E-state index in [1.54, 1.807) is 23.9 Å². The predicted octanol–water partition coefficient (Wildman–Crippen LogP) is 2.91. The lowest BCUT2D eigenvalue weighted by molar-refractivity contribution is 0.172. The first-order valence-electron chi connectivity index (χ1n) is 6.14. The van der Waals surface area contributed by atoms with Crippen LogP contribution >= 0.6 is 15.9 Å². The lowest BCUT2D eigenvalue weighted by Gasteiger charge is -2.13. The zero-order valence-electron chi connectivity index (χ0n) is 11.5. The Hall–Kier alpha value is -1.40. The van der Waals surface area contributed by atoms with Crippen LogP contribution in [0.25, 0.3) is 0 Å². The van der Waals surface area contributed by atoms with E-state index < -0.39 is 6.10 Å². The van der Waals surface area contributed by atoms with Crippen LogP contribution in [0, 0.1) is 12.7 Å². The van der Waals surface area contributed by atoms with Crippen molar-refractivity contribution < 1.29 is 14.2 Å². The molecule has 1 aromatic heterocycles. The quantitative estimate of drug-likeness (QED) is 0.929. The highest BCUT2D eigenvalue weighted by molar-refractivity contribution is 9.10. The van der Waals surface area contributed by atoms with Gasteiger partial charge in [-0.3, -0.25) is 0 Å². The topological polar surface area (TPSA) is 47.3 Å². The Balaban J connectivity index is 2.33. The molecule has 6 heteroatoms. The van der Waals surface area contributed by atoms with Crippen molar-refractivity contribution in [2.24, 2.45) is 7.05 Å². The van der Waals surface area contributed by atoms with Gasteiger partial charge in [-0.2, -0.15) is 5.10 Å². The molecule has 0 aliphatic carbocycles. The van der Waals surface area contributed by atoms with Gasteiger partial charge in [0.15, 0.2) is 0 Å². The smallest absolute Gasteiger partial charge is 0.217 e. The van der Waals surface area contributed by atoms with Crippen LogP contribution < -0.4 is 4.74 Å². The molecule has 4 nitrogen and oxygen atoms in total. The van der Waals surface area contributed by atoms with Crippen molar-refractivity contribution in [3.8, 4) is 5.88 Å². The number of aliphatic hydroxyl groups excluding tert-OH is 1. The Labute approximate surface area is 125 Å². The van der Waals surface area contributed by atoms with Gasteiger partial charge in [-0.05, 0) is 34.5 Å². The van der Waals surface area contributed by atoms with Crippen LogP contribution in [-0.4, -0.2) is 22.0 Å². The average Bonchev–Trinajstić information content (AvgIpc) is 2.69. The number of nitrogens with zero attached hydrogens (tertiary/aromatic N) is 2. The molecule has 0 aliphatic heterocycles. The summed E-state index contributed by atoms with van der Waals surface area (Å²) >= 11 is 3.20. The van der Waals surface area contributed by atoms with Crippen LogP contribution in [0.4, 0.5) is 4.39 Å². The van der Waals surface area contributed by atoms with Gasteiger partial charge in [0.05, 0.1) is 28.9 Å². The molecule has 1 aromatic carbocycles. The van der Waals surface area contributed by atoms with E-state index in [0.717, 1.165) is 0 Å². The fourth-order valence-corrected chi connectivity index (χ4v) is 2.72. The third kappa shape index (κ3) is 2.71. The summed E-state index contributed by atoms with van der Waals surface area (Å²) in [5.41, 5.74) is 2.03. The molecular weight excluding hydrogens is 327 g/mol. The van der Waals surface area contributed by atoms with Crippen LogP contribution in [0.5, 0.6) is 5.88 Å². The van der Waals surface area contributed by atoms with E-state index >= 15 is 0 Å². The number of methoxy groups -OCH3 is 1. The van der Waals surface area contributed by atoms with Gasteiger partial charge in [0.25, 0.3) is 0 Å². The first-order valence-corrected chi connectivity index (χ1v) is 6.93. The van der Waals surface area contributed by atoms with E-state index in [4.69, 9.17) is 4.74 Å². The number of hydrogen-bond acceptors (Lipinski definition) is 3. The van der Waals surface area contributed by atoms with Crippen molar-refractivity contribution in [3.63, 3.8) is 0 Å². The van der Waals surface area contributed by atoms with Crippen molar-refractivity contribution in [1.29, 1.82) is 0 Å². The van der Waals surface area contributed by atoms with Crippen molar-refractivity contribution in [2.45, 2.75) is 19.4 Å². The molecule has 0 saturated heterocycles. The zero-order valence-corrected chi connectivity index (χ0v) is 13.1. The fraction of sp³-hybridized carbons (Fsp3) is 0.357. The molecule has 1 N–H and O–H groups in total. The summed E-state index contributed by atoms with van der Waals surface area (Å²) in [6.45, 7) is 1.81. The molecule has 2 aromatic rings. The van der Waals surface area contributed by atoms with Crippen LogP contribution in [0.1, 0.15) is 22.9 Å². The van der Waals surface area contributed by atoms with E-state index in [2.05, 4.69) is 21.0 Å². The molecule has 0 spiro atoms. The maximum absolute atomic E-state index is 13.5. The third-order valence-electron chi connectivity index (χ3n) is 3.19. The lowest BCUT2D eigenvalue weighted by Crippen LogP contribution is -2.06. The van der Waals surface area contributed by atoms with Gasteiger partial charge >= 0.3 is 0 Å². The third-order valence-corrected chi connectivity index (χ3v) is 4.07. The number of rotatable bonds is 4. The Morgan fingerprint density at radius 3 is 2.85 bits per heavy atom. The number of aliphatic hydroxyl groups is 1. The SMILES string of the molecule is COc1c(C(O)Cc2cccc(F)c2Br)c(C)nn1C. The molecule has 0 radical (unpaired) electrons. The second kappa shape index (κ2) is 5.93. The first kappa shape index (κ1) is 15.0. The van der Waals surface area contributed by atoms with Gasteiger partial charge in [0.1, 0.15) is 5.82 Å². The highest BCUT2D eigenvalue weighted by Crippen LogP contribution is 2.32. The molecule has 1 heterocycles. The molecule has 2 rings (SSSR count). The minimum Gasteiger partial charge on any atom is -0.481 e. The summed E-state index contributed by atoms with van der Waals surface area (Å²) in [6.07, 6.45) is -0.530. The largest absolute Gasteiger partial charge is 0.481 e. The molecular formula is C14H16BrFN2O2.